The predicted molar refractivity (Wildman–Crippen MR) is 89.8 cm³/mol. The third kappa shape index (κ3) is 6.67. The normalized spacial score (nSPS) is 13.8. The summed E-state index contributed by atoms with van der Waals surface area (Å²) in [5.74, 6) is -0.763. The lowest BCUT2D eigenvalue weighted by atomic mass is 10.2. The van der Waals surface area contributed by atoms with Gasteiger partial charge in [0.2, 0.25) is 15.9 Å². The van der Waals surface area contributed by atoms with Crippen LogP contribution in [0.25, 0.3) is 0 Å². The highest BCUT2D eigenvalue weighted by atomic mass is 32.2. The fraction of sp³-hybridized carbons (Fsp3) is 0.500. The van der Waals surface area contributed by atoms with Crippen molar-refractivity contribution in [2.75, 3.05) is 7.11 Å². The van der Waals surface area contributed by atoms with Crippen LogP contribution in [0.1, 0.15) is 32.3 Å². The molecule has 1 amide bonds. The Labute approximate surface area is 142 Å². The third-order valence-corrected chi connectivity index (χ3v) is 4.89. The summed E-state index contributed by atoms with van der Waals surface area (Å²) in [6.45, 7) is 5.15. The first-order chi connectivity index (χ1) is 11.1. The predicted octanol–water partition coefficient (Wildman–Crippen LogP) is 1.12. The molecule has 8 heteroatoms. The molecule has 134 valence electrons. The molecule has 0 bridgehead atoms. The lowest BCUT2D eigenvalue weighted by molar-refractivity contribution is -0.141. The van der Waals surface area contributed by atoms with Crippen LogP contribution in [0.5, 0.6) is 0 Å². The maximum absolute atomic E-state index is 12.2. The minimum absolute atomic E-state index is 0.0311. The van der Waals surface area contributed by atoms with Crippen molar-refractivity contribution in [1.82, 2.24) is 10.0 Å². The number of hydrogen-bond acceptors (Lipinski definition) is 5. The maximum atomic E-state index is 12.2. The second-order valence-corrected chi connectivity index (χ2v) is 7.50. The zero-order valence-electron chi connectivity index (χ0n) is 14.3. The Morgan fingerprint density at radius 2 is 1.67 bits per heavy atom. The highest BCUT2D eigenvalue weighted by molar-refractivity contribution is 7.89. The van der Waals surface area contributed by atoms with E-state index in [1.807, 2.05) is 6.92 Å². The van der Waals surface area contributed by atoms with Gasteiger partial charge in [-0.3, -0.25) is 9.59 Å². The van der Waals surface area contributed by atoms with Gasteiger partial charge >= 0.3 is 5.97 Å². The Bertz CT molecular complexity index is 670. The maximum Gasteiger partial charge on any atom is 0.307 e. The van der Waals surface area contributed by atoms with Gasteiger partial charge in [0.05, 0.1) is 18.4 Å². The zero-order valence-corrected chi connectivity index (χ0v) is 15.1. The number of ether oxygens (including phenoxy) is 1. The molecular weight excluding hydrogens is 332 g/mol. The second-order valence-electron chi connectivity index (χ2n) is 5.79. The molecule has 0 unspecified atom stereocenters. The van der Waals surface area contributed by atoms with E-state index in [0.717, 1.165) is 5.56 Å². The molecule has 0 saturated carbocycles. The number of carbonyl (C=O) groups is 2. The van der Waals surface area contributed by atoms with Gasteiger partial charge in [0, 0.05) is 18.5 Å². The summed E-state index contributed by atoms with van der Waals surface area (Å²) in [5.41, 5.74) is 0.959. The van der Waals surface area contributed by atoms with Crippen LogP contribution in [0.2, 0.25) is 0 Å². The Morgan fingerprint density at radius 3 is 2.21 bits per heavy atom. The van der Waals surface area contributed by atoms with E-state index < -0.39 is 22.0 Å². The molecular formula is C16H24N2O5S. The van der Waals surface area contributed by atoms with Gasteiger partial charge in [-0.1, -0.05) is 17.7 Å². The van der Waals surface area contributed by atoms with Crippen LogP contribution >= 0.6 is 0 Å². The van der Waals surface area contributed by atoms with Crippen molar-refractivity contribution in [1.29, 1.82) is 0 Å². The quantitative estimate of drug-likeness (QED) is 0.680. The summed E-state index contributed by atoms with van der Waals surface area (Å²) in [7, 11) is -2.40. The first kappa shape index (κ1) is 20.1. The van der Waals surface area contributed by atoms with Crippen molar-refractivity contribution < 1.29 is 22.7 Å². The van der Waals surface area contributed by atoms with Gasteiger partial charge in [-0.05, 0) is 32.9 Å². The van der Waals surface area contributed by atoms with Crippen molar-refractivity contribution in [3.05, 3.63) is 29.8 Å². The SMILES string of the molecule is COC(=O)C[C@H](C)NC(=O)C[C@H](C)NS(=O)(=O)c1ccc(C)cc1. The molecule has 0 heterocycles. The average molecular weight is 356 g/mol. The minimum Gasteiger partial charge on any atom is -0.469 e. The molecule has 0 aliphatic carbocycles. The van der Waals surface area contributed by atoms with Gasteiger partial charge in [0.15, 0.2) is 0 Å². The van der Waals surface area contributed by atoms with Crippen molar-refractivity contribution in [3.8, 4) is 0 Å². The number of sulfonamides is 1. The van der Waals surface area contributed by atoms with Crippen LogP contribution in [-0.4, -0.2) is 39.5 Å². The summed E-state index contributed by atoms with van der Waals surface area (Å²) in [4.78, 5) is 23.2. The number of amides is 1. The molecule has 1 aromatic rings. The minimum atomic E-state index is -3.68. The molecule has 7 nitrogen and oxygen atoms in total. The Kier molecular flexibility index (Phi) is 7.37. The van der Waals surface area contributed by atoms with Crippen LogP contribution < -0.4 is 10.0 Å². The number of methoxy groups -OCH3 is 1. The monoisotopic (exact) mass is 356 g/mol. The first-order valence-corrected chi connectivity index (χ1v) is 9.07. The van der Waals surface area contributed by atoms with Crippen LogP contribution in [0.3, 0.4) is 0 Å². The number of nitrogens with one attached hydrogen (secondary N) is 2. The fourth-order valence-corrected chi connectivity index (χ4v) is 3.33. The smallest absolute Gasteiger partial charge is 0.307 e. The highest BCUT2D eigenvalue weighted by Gasteiger charge is 2.20. The van der Waals surface area contributed by atoms with Crippen molar-refractivity contribution in [2.45, 2.75) is 50.6 Å². The first-order valence-electron chi connectivity index (χ1n) is 7.59. The summed E-state index contributed by atoms with van der Waals surface area (Å²) in [6, 6.07) is 5.49. The molecule has 24 heavy (non-hydrogen) atoms. The molecule has 0 spiro atoms. The largest absolute Gasteiger partial charge is 0.469 e. The Morgan fingerprint density at radius 1 is 1.08 bits per heavy atom. The van der Waals surface area contributed by atoms with Gasteiger partial charge < -0.3 is 10.1 Å². The van der Waals surface area contributed by atoms with Crippen molar-refractivity contribution in [2.24, 2.45) is 0 Å². The Hall–Kier alpha value is -1.93. The van der Waals surface area contributed by atoms with E-state index in [0.29, 0.717) is 0 Å². The van der Waals surface area contributed by atoms with Crippen LogP contribution in [0.4, 0.5) is 0 Å². The van der Waals surface area contributed by atoms with E-state index in [4.69, 9.17) is 0 Å². The van der Waals surface area contributed by atoms with Crippen LogP contribution in [0, 0.1) is 6.92 Å². The highest BCUT2D eigenvalue weighted by Crippen LogP contribution is 2.11. The molecule has 1 aromatic carbocycles. The van der Waals surface area contributed by atoms with Crippen LogP contribution in [0.15, 0.2) is 29.2 Å². The number of esters is 1. The average Bonchev–Trinajstić information content (AvgIpc) is 2.46. The number of aryl methyl sites for hydroxylation is 1. The fourth-order valence-electron chi connectivity index (χ4n) is 2.09. The number of hydrogen-bond donors (Lipinski definition) is 2. The lowest BCUT2D eigenvalue weighted by Gasteiger charge is -2.17. The molecule has 2 atom stereocenters. The van der Waals surface area contributed by atoms with Crippen molar-refractivity contribution in [3.63, 3.8) is 0 Å². The Balaban J connectivity index is 2.55. The molecule has 2 N–H and O–H groups in total. The third-order valence-electron chi connectivity index (χ3n) is 3.29. The van der Waals surface area contributed by atoms with Gasteiger partial charge in [0.25, 0.3) is 0 Å². The van der Waals surface area contributed by atoms with E-state index in [-0.39, 0.29) is 29.7 Å². The van der Waals surface area contributed by atoms with Gasteiger partial charge in [-0.15, -0.1) is 0 Å². The topological polar surface area (TPSA) is 102 Å². The molecule has 0 fully saturated rings. The number of carbonyl (C=O) groups excluding carboxylic acids is 2. The van der Waals surface area contributed by atoms with Gasteiger partial charge in [0.1, 0.15) is 0 Å². The molecule has 0 aliphatic rings. The summed E-state index contributed by atoms with van der Waals surface area (Å²) in [5, 5.41) is 2.63. The summed E-state index contributed by atoms with van der Waals surface area (Å²) < 4.78 is 31.5. The standard InChI is InChI=1S/C16H24N2O5S/c1-11-5-7-14(8-6-11)24(21,22)18-13(3)9-15(19)17-12(2)10-16(20)23-4/h5-8,12-13,18H,9-10H2,1-4H3,(H,17,19)/t12-,13-/m0/s1. The zero-order chi connectivity index (χ0) is 18.3. The van der Waals surface area contributed by atoms with Gasteiger partial charge in [-0.25, -0.2) is 13.1 Å². The lowest BCUT2D eigenvalue weighted by Crippen LogP contribution is -2.40. The summed E-state index contributed by atoms with van der Waals surface area (Å²) >= 11 is 0. The van der Waals surface area contributed by atoms with Crippen molar-refractivity contribution >= 4 is 21.9 Å². The molecule has 0 radical (unpaired) electrons. The van der Waals surface area contributed by atoms with Crippen LogP contribution in [-0.2, 0) is 24.3 Å². The van der Waals surface area contributed by atoms with E-state index in [9.17, 15) is 18.0 Å². The molecule has 0 aliphatic heterocycles. The number of benzene rings is 1. The molecule has 0 aromatic heterocycles. The van der Waals surface area contributed by atoms with E-state index >= 15 is 0 Å². The summed E-state index contributed by atoms with van der Waals surface area (Å²) in [6.07, 6.45) is 0.0301. The second kappa shape index (κ2) is 8.79. The molecule has 0 saturated heterocycles. The molecule has 1 rings (SSSR count). The van der Waals surface area contributed by atoms with E-state index in [2.05, 4.69) is 14.8 Å². The number of rotatable bonds is 8. The van der Waals surface area contributed by atoms with E-state index in [1.165, 1.54) is 19.2 Å². The van der Waals surface area contributed by atoms with E-state index in [1.54, 1.807) is 26.0 Å². The van der Waals surface area contributed by atoms with Gasteiger partial charge in [-0.2, -0.15) is 0 Å².